The van der Waals surface area contributed by atoms with E-state index in [9.17, 15) is 9.59 Å². The van der Waals surface area contributed by atoms with E-state index in [4.69, 9.17) is 5.73 Å². The molecule has 148 valence electrons. The first-order chi connectivity index (χ1) is 13.6. The molecule has 28 heavy (non-hydrogen) atoms. The van der Waals surface area contributed by atoms with Gasteiger partial charge in [-0.3, -0.25) is 9.59 Å². The Morgan fingerprint density at radius 2 is 2.00 bits per heavy atom. The molecular weight excluding hydrogens is 374 g/mol. The van der Waals surface area contributed by atoms with Gasteiger partial charge in [0.2, 0.25) is 11.8 Å². The third-order valence-corrected chi connectivity index (χ3v) is 5.69. The Kier molecular flexibility index (Phi) is 6.86. The van der Waals surface area contributed by atoms with Crippen molar-refractivity contribution < 1.29 is 9.59 Å². The summed E-state index contributed by atoms with van der Waals surface area (Å²) in [5, 5.41) is 9.02. The summed E-state index contributed by atoms with van der Waals surface area (Å²) in [6.07, 6.45) is 3.70. The minimum atomic E-state index is -0.358. The van der Waals surface area contributed by atoms with Crippen LogP contribution in [0.2, 0.25) is 0 Å². The zero-order valence-electron chi connectivity index (χ0n) is 16.0. The van der Waals surface area contributed by atoms with Crippen molar-refractivity contribution in [1.82, 2.24) is 19.7 Å². The standard InChI is InChI=1S/C20H25N5O2S/c1-2-25-18(9-8-17(21)26)22-23-20(25)28-14-19(27)24-12-10-16(11-13-24)15-6-4-3-5-7-15/h3-7,10H,2,8-9,11-14H2,1H3,(H2,21,26). The number of thioether (sulfide) groups is 1. The van der Waals surface area contributed by atoms with Gasteiger partial charge in [0.25, 0.3) is 0 Å². The molecule has 2 amide bonds. The Labute approximate surface area is 169 Å². The zero-order valence-corrected chi connectivity index (χ0v) is 16.8. The minimum Gasteiger partial charge on any atom is -0.370 e. The van der Waals surface area contributed by atoms with Gasteiger partial charge in [-0.25, -0.2) is 0 Å². The van der Waals surface area contributed by atoms with Crippen molar-refractivity contribution in [3.8, 4) is 0 Å². The van der Waals surface area contributed by atoms with Crippen molar-refractivity contribution in [3.05, 3.63) is 47.8 Å². The lowest BCUT2D eigenvalue weighted by Crippen LogP contribution is -2.35. The first-order valence-corrected chi connectivity index (χ1v) is 10.4. The third kappa shape index (κ3) is 5.01. The van der Waals surface area contributed by atoms with Gasteiger partial charge >= 0.3 is 0 Å². The predicted octanol–water partition coefficient (Wildman–Crippen LogP) is 2.12. The summed E-state index contributed by atoms with van der Waals surface area (Å²) in [5.41, 5.74) is 7.73. The summed E-state index contributed by atoms with van der Waals surface area (Å²) < 4.78 is 1.94. The number of nitrogens with zero attached hydrogens (tertiary/aromatic N) is 4. The van der Waals surface area contributed by atoms with Gasteiger partial charge in [-0.15, -0.1) is 10.2 Å². The molecule has 0 saturated carbocycles. The summed E-state index contributed by atoms with van der Waals surface area (Å²) in [7, 11) is 0. The number of carbonyl (C=O) groups excluding carboxylic acids is 2. The molecule has 0 bridgehead atoms. The van der Waals surface area contributed by atoms with Crippen molar-refractivity contribution in [1.29, 1.82) is 0 Å². The molecule has 8 heteroatoms. The number of aromatic nitrogens is 3. The number of carbonyl (C=O) groups is 2. The van der Waals surface area contributed by atoms with Crippen LogP contribution in [0.4, 0.5) is 0 Å². The largest absolute Gasteiger partial charge is 0.370 e. The maximum Gasteiger partial charge on any atom is 0.233 e. The predicted molar refractivity (Wildman–Crippen MR) is 110 cm³/mol. The number of primary amides is 1. The molecule has 0 saturated heterocycles. The number of nitrogens with two attached hydrogens (primary N) is 1. The number of hydrogen-bond donors (Lipinski definition) is 1. The van der Waals surface area contributed by atoms with E-state index in [-0.39, 0.29) is 18.2 Å². The number of amides is 2. The van der Waals surface area contributed by atoms with Crippen LogP contribution in [0.25, 0.3) is 5.57 Å². The van der Waals surface area contributed by atoms with E-state index in [0.717, 1.165) is 18.8 Å². The molecular formula is C20H25N5O2S. The van der Waals surface area contributed by atoms with Crippen molar-refractivity contribution >= 4 is 29.1 Å². The van der Waals surface area contributed by atoms with E-state index < -0.39 is 0 Å². The van der Waals surface area contributed by atoms with Gasteiger partial charge in [0.05, 0.1) is 5.75 Å². The first kappa shape index (κ1) is 20.1. The zero-order chi connectivity index (χ0) is 19.9. The highest BCUT2D eigenvalue weighted by molar-refractivity contribution is 7.99. The van der Waals surface area contributed by atoms with E-state index in [1.165, 1.54) is 22.9 Å². The van der Waals surface area contributed by atoms with Gasteiger partial charge in [0.15, 0.2) is 5.16 Å². The number of benzene rings is 1. The van der Waals surface area contributed by atoms with Gasteiger partial charge in [-0.1, -0.05) is 48.2 Å². The second-order valence-electron chi connectivity index (χ2n) is 6.58. The molecule has 7 nitrogen and oxygen atoms in total. The molecule has 2 aromatic rings. The van der Waals surface area contributed by atoms with E-state index in [2.05, 4.69) is 28.4 Å². The van der Waals surface area contributed by atoms with Crippen molar-refractivity contribution in [2.45, 2.75) is 37.9 Å². The highest BCUT2D eigenvalue weighted by Gasteiger charge is 2.20. The van der Waals surface area contributed by atoms with Crippen LogP contribution in [0, 0.1) is 0 Å². The molecule has 1 aliphatic rings. The van der Waals surface area contributed by atoms with Crippen LogP contribution in [-0.4, -0.2) is 50.3 Å². The maximum absolute atomic E-state index is 12.6. The molecule has 0 radical (unpaired) electrons. The lowest BCUT2D eigenvalue weighted by atomic mass is 10.00. The van der Waals surface area contributed by atoms with Gasteiger partial charge in [-0.05, 0) is 24.5 Å². The summed E-state index contributed by atoms with van der Waals surface area (Å²) in [6, 6.07) is 10.3. The molecule has 0 unspecified atom stereocenters. The summed E-state index contributed by atoms with van der Waals surface area (Å²) in [4.78, 5) is 25.5. The fourth-order valence-electron chi connectivity index (χ4n) is 3.19. The third-order valence-electron chi connectivity index (χ3n) is 4.74. The van der Waals surface area contributed by atoms with E-state index in [1.807, 2.05) is 34.6 Å². The van der Waals surface area contributed by atoms with Gasteiger partial charge in [0.1, 0.15) is 5.82 Å². The van der Waals surface area contributed by atoms with E-state index in [1.54, 1.807) is 0 Å². The smallest absolute Gasteiger partial charge is 0.233 e. The molecule has 0 atom stereocenters. The average molecular weight is 400 g/mol. The Morgan fingerprint density at radius 3 is 2.64 bits per heavy atom. The molecule has 2 N–H and O–H groups in total. The SMILES string of the molecule is CCn1c(CCC(N)=O)nnc1SCC(=O)N1CC=C(c2ccccc2)CC1. The molecule has 0 fully saturated rings. The van der Waals surface area contributed by atoms with Crippen LogP contribution in [0.5, 0.6) is 0 Å². The second-order valence-corrected chi connectivity index (χ2v) is 7.53. The molecule has 0 aliphatic carbocycles. The van der Waals surface area contributed by atoms with Crippen molar-refractivity contribution in [2.24, 2.45) is 5.73 Å². The molecule has 1 aromatic carbocycles. The van der Waals surface area contributed by atoms with Crippen molar-refractivity contribution in [3.63, 3.8) is 0 Å². The lowest BCUT2D eigenvalue weighted by molar-refractivity contribution is -0.128. The van der Waals surface area contributed by atoms with Crippen molar-refractivity contribution in [2.75, 3.05) is 18.8 Å². The number of aryl methyl sites for hydroxylation is 1. The van der Waals surface area contributed by atoms with Crippen LogP contribution in [0.15, 0.2) is 41.6 Å². The second kappa shape index (κ2) is 9.54. The maximum atomic E-state index is 12.6. The molecule has 2 heterocycles. The fourth-order valence-corrected chi connectivity index (χ4v) is 4.12. The minimum absolute atomic E-state index is 0.0951. The van der Waals surface area contributed by atoms with Gasteiger partial charge < -0.3 is 15.2 Å². The van der Waals surface area contributed by atoms with Gasteiger partial charge in [0, 0.05) is 32.5 Å². The topological polar surface area (TPSA) is 94.1 Å². The molecule has 1 aliphatic heterocycles. The normalized spacial score (nSPS) is 14.0. The fraction of sp³-hybridized carbons (Fsp3) is 0.400. The molecule has 1 aromatic heterocycles. The van der Waals surface area contributed by atoms with Crippen LogP contribution < -0.4 is 5.73 Å². The Balaban J connectivity index is 1.55. The average Bonchev–Trinajstić information content (AvgIpc) is 3.13. The quantitative estimate of drug-likeness (QED) is 0.686. The van der Waals surface area contributed by atoms with E-state index >= 15 is 0 Å². The summed E-state index contributed by atoms with van der Waals surface area (Å²) in [6.45, 7) is 4.03. The Bertz CT molecular complexity index is 863. The van der Waals surface area contributed by atoms with Crippen LogP contribution in [0.3, 0.4) is 0 Å². The lowest BCUT2D eigenvalue weighted by Gasteiger charge is -2.26. The summed E-state index contributed by atoms with van der Waals surface area (Å²) in [5.74, 6) is 0.785. The summed E-state index contributed by atoms with van der Waals surface area (Å²) >= 11 is 1.39. The van der Waals surface area contributed by atoms with Crippen LogP contribution in [-0.2, 0) is 22.6 Å². The number of hydrogen-bond acceptors (Lipinski definition) is 5. The Morgan fingerprint density at radius 1 is 1.21 bits per heavy atom. The Hall–Kier alpha value is -2.61. The molecule has 0 spiro atoms. The number of rotatable bonds is 8. The highest BCUT2D eigenvalue weighted by Crippen LogP contribution is 2.23. The highest BCUT2D eigenvalue weighted by atomic mass is 32.2. The molecule has 3 rings (SSSR count). The monoisotopic (exact) mass is 399 g/mol. The van der Waals surface area contributed by atoms with Crippen LogP contribution >= 0.6 is 11.8 Å². The van der Waals surface area contributed by atoms with E-state index in [0.29, 0.717) is 30.4 Å². The van der Waals surface area contributed by atoms with Gasteiger partial charge in [-0.2, -0.15) is 0 Å². The first-order valence-electron chi connectivity index (χ1n) is 9.44. The van der Waals surface area contributed by atoms with Crippen LogP contribution in [0.1, 0.15) is 31.2 Å².